The number of primary amides is 1. The third-order valence-electron chi connectivity index (χ3n) is 5.52. The number of amides is 2. The van der Waals surface area contributed by atoms with Crippen molar-refractivity contribution in [2.45, 2.75) is 43.3 Å². The zero-order chi connectivity index (χ0) is 22.5. The van der Waals surface area contributed by atoms with E-state index in [1.807, 2.05) is 4.57 Å². The van der Waals surface area contributed by atoms with Gasteiger partial charge in [-0.1, -0.05) is 55.3 Å². The van der Waals surface area contributed by atoms with Gasteiger partial charge < -0.3 is 11.1 Å². The van der Waals surface area contributed by atoms with Gasteiger partial charge in [0.2, 0.25) is 5.91 Å². The van der Waals surface area contributed by atoms with Crippen LogP contribution in [0.2, 0.25) is 0 Å². The number of nitrogens with two attached hydrogens (primary N) is 1. The molecule has 0 aliphatic heterocycles. The maximum absolute atomic E-state index is 14.5. The van der Waals surface area contributed by atoms with Gasteiger partial charge in [0.05, 0.1) is 22.6 Å². The van der Waals surface area contributed by atoms with Crippen molar-refractivity contribution in [1.29, 1.82) is 0 Å². The van der Waals surface area contributed by atoms with Gasteiger partial charge in [-0.05, 0) is 37.1 Å². The minimum atomic E-state index is -0.611. The maximum Gasteiger partial charge on any atom is 0.250 e. The molecule has 9 heteroatoms. The number of benzene rings is 2. The monoisotopic (exact) mass is 453 g/mol. The lowest BCUT2D eigenvalue weighted by atomic mass is 9.95. The Hall–Kier alpha value is -3.20. The number of anilines is 1. The molecule has 2 amide bonds. The first kappa shape index (κ1) is 22.0. The fraction of sp³-hybridized carbons (Fsp3) is 0.304. The smallest absolute Gasteiger partial charge is 0.250 e. The second-order valence-electron chi connectivity index (χ2n) is 7.69. The molecule has 3 N–H and O–H groups in total. The Labute approximate surface area is 189 Å². The number of nitrogens with zero attached hydrogens (tertiary/aromatic N) is 3. The average Bonchev–Trinajstić information content (AvgIpc) is 3.22. The van der Waals surface area contributed by atoms with E-state index in [9.17, 15) is 14.0 Å². The van der Waals surface area contributed by atoms with Crippen LogP contribution in [-0.4, -0.2) is 32.3 Å². The number of halogens is 1. The van der Waals surface area contributed by atoms with Crippen LogP contribution in [0.15, 0.2) is 53.7 Å². The second kappa shape index (κ2) is 9.95. The quantitative estimate of drug-likeness (QED) is 0.516. The van der Waals surface area contributed by atoms with E-state index in [4.69, 9.17) is 5.73 Å². The van der Waals surface area contributed by atoms with Crippen molar-refractivity contribution in [3.8, 4) is 11.4 Å². The predicted octanol–water partition coefficient (Wildman–Crippen LogP) is 4.42. The predicted molar refractivity (Wildman–Crippen MR) is 122 cm³/mol. The van der Waals surface area contributed by atoms with E-state index >= 15 is 0 Å². The summed E-state index contributed by atoms with van der Waals surface area (Å²) >= 11 is 1.24. The molecule has 0 spiro atoms. The van der Waals surface area contributed by atoms with E-state index in [1.165, 1.54) is 24.2 Å². The second-order valence-corrected chi connectivity index (χ2v) is 8.64. The number of aromatic nitrogens is 3. The lowest BCUT2D eigenvalue weighted by Gasteiger charge is -2.25. The standard InChI is InChI=1S/C23H24FN5O2S/c24-18-12-6-4-10-16(18)22-27-28-23(29(22)15-8-2-1-3-9-15)32-14-20(30)26-19-13-7-5-11-17(19)21(25)31/h4-7,10-13,15H,1-3,8-9,14H2,(H2,25,31)(H,26,30). The number of rotatable bonds is 7. The van der Waals surface area contributed by atoms with Crippen molar-refractivity contribution in [2.75, 3.05) is 11.1 Å². The number of hydrogen-bond donors (Lipinski definition) is 2. The first-order valence-electron chi connectivity index (χ1n) is 10.6. The fourth-order valence-corrected chi connectivity index (χ4v) is 4.80. The number of carbonyl (C=O) groups excluding carboxylic acids is 2. The van der Waals surface area contributed by atoms with Crippen LogP contribution < -0.4 is 11.1 Å². The van der Waals surface area contributed by atoms with E-state index < -0.39 is 5.91 Å². The van der Waals surface area contributed by atoms with Gasteiger partial charge in [0.15, 0.2) is 11.0 Å². The summed E-state index contributed by atoms with van der Waals surface area (Å²) in [6, 6.07) is 13.3. The van der Waals surface area contributed by atoms with E-state index in [0.29, 0.717) is 22.2 Å². The molecule has 7 nitrogen and oxygen atoms in total. The van der Waals surface area contributed by atoms with Crippen molar-refractivity contribution in [3.63, 3.8) is 0 Å². The summed E-state index contributed by atoms with van der Waals surface area (Å²) in [5.41, 5.74) is 6.40. The summed E-state index contributed by atoms with van der Waals surface area (Å²) in [4.78, 5) is 24.2. The molecule has 4 rings (SSSR count). The van der Waals surface area contributed by atoms with Gasteiger partial charge in [0.25, 0.3) is 5.91 Å². The van der Waals surface area contributed by atoms with Crippen molar-refractivity contribution in [1.82, 2.24) is 14.8 Å². The molecular formula is C23H24FN5O2S. The zero-order valence-corrected chi connectivity index (χ0v) is 18.3. The Kier molecular flexibility index (Phi) is 6.84. The minimum Gasteiger partial charge on any atom is -0.366 e. The summed E-state index contributed by atoms with van der Waals surface area (Å²) in [6.45, 7) is 0. The molecule has 1 fully saturated rings. The fourth-order valence-electron chi connectivity index (χ4n) is 3.99. The zero-order valence-electron chi connectivity index (χ0n) is 17.5. The normalized spacial score (nSPS) is 14.3. The molecule has 1 heterocycles. The average molecular weight is 454 g/mol. The van der Waals surface area contributed by atoms with Crippen LogP contribution in [0.5, 0.6) is 0 Å². The van der Waals surface area contributed by atoms with Gasteiger partial charge in [0.1, 0.15) is 5.82 Å². The lowest BCUT2D eigenvalue weighted by molar-refractivity contribution is -0.113. The first-order valence-corrected chi connectivity index (χ1v) is 11.5. The lowest BCUT2D eigenvalue weighted by Crippen LogP contribution is -2.20. The van der Waals surface area contributed by atoms with Crippen LogP contribution in [0.4, 0.5) is 10.1 Å². The first-order chi connectivity index (χ1) is 15.5. The summed E-state index contributed by atoms with van der Waals surface area (Å²) in [7, 11) is 0. The number of para-hydroxylation sites is 1. The topological polar surface area (TPSA) is 103 Å². The van der Waals surface area contributed by atoms with Gasteiger partial charge in [-0.2, -0.15) is 0 Å². The Bertz CT molecular complexity index is 1130. The molecule has 1 aliphatic rings. The van der Waals surface area contributed by atoms with E-state index in [1.54, 1.807) is 42.5 Å². The molecular weight excluding hydrogens is 429 g/mol. The van der Waals surface area contributed by atoms with Crippen LogP contribution in [0.25, 0.3) is 11.4 Å². The van der Waals surface area contributed by atoms with Gasteiger partial charge in [-0.15, -0.1) is 10.2 Å². The van der Waals surface area contributed by atoms with E-state index in [2.05, 4.69) is 15.5 Å². The third kappa shape index (κ3) is 4.83. The highest BCUT2D eigenvalue weighted by Crippen LogP contribution is 2.36. The highest BCUT2D eigenvalue weighted by molar-refractivity contribution is 7.99. The van der Waals surface area contributed by atoms with Crippen molar-refractivity contribution >= 4 is 29.3 Å². The SMILES string of the molecule is NC(=O)c1ccccc1NC(=O)CSc1nnc(-c2ccccc2F)n1C1CCCCC1. The van der Waals surface area contributed by atoms with Crippen LogP contribution in [0.3, 0.4) is 0 Å². The molecule has 0 saturated heterocycles. The summed E-state index contributed by atoms with van der Waals surface area (Å²) in [6.07, 6.45) is 5.29. The summed E-state index contributed by atoms with van der Waals surface area (Å²) in [5.74, 6) is -0.712. The van der Waals surface area contributed by atoms with Gasteiger partial charge in [-0.3, -0.25) is 14.2 Å². The van der Waals surface area contributed by atoms with E-state index in [-0.39, 0.29) is 29.1 Å². The maximum atomic E-state index is 14.5. The number of nitrogens with one attached hydrogen (secondary N) is 1. The van der Waals surface area contributed by atoms with Gasteiger partial charge >= 0.3 is 0 Å². The van der Waals surface area contributed by atoms with Gasteiger partial charge in [-0.25, -0.2) is 4.39 Å². The molecule has 1 aromatic heterocycles. The molecule has 3 aromatic rings. The van der Waals surface area contributed by atoms with Crippen LogP contribution in [0.1, 0.15) is 48.5 Å². The third-order valence-corrected chi connectivity index (χ3v) is 6.46. The van der Waals surface area contributed by atoms with Crippen molar-refractivity contribution < 1.29 is 14.0 Å². The minimum absolute atomic E-state index is 0.0647. The largest absolute Gasteiger partial charge is 0.366 e. The van der Waals surface area contributed by atoms with Crippen LogP contribution in [-0.2, 0) is 4.79 Å². The van der Waals surface area contributed by atoms with Crippen LogP contribution >= 0.6 is 11.8 Å². The molecule has 0 unspecified atom stereocenters. The Morgan fingerprint density at radius 3 is 2.53 bits per heavy atom. The molecule has 0 radical (unpaired) electrons. The Morgan fingerprint density at radius 2 is 1.78 bits per heavy atom. The van der Waals surface area contributed by atoms with Gasteiger partial charge in [0, 0.05) is 6.04 Å². The number of thioether (sulfide) groups is 1. The summed E-state index contributed by atoms with van der Waals surface area (Å²) < 4.78 is 16.5. The van der Waals surface area contributed by atoms with E-state index in [0.717, 1.165) is 25.7 Å². The van der Waals surface area contributed by atoms with Crippen molar-refractivity contribution in [2.24, 2.45) is 5.73 Å². The molecule has 0 atom stereocenters. The highest BCUT2D eigenvalue weighted by atomic mass is 32.2. The molecule has 1 aliphatic carbocycles. The Morgan fingerprint density at radius 1 is 1.06 bits per heavy atom. The molecule has 0 bridgehead atoms. The number of carbonyl (C=O) groups is 2. The van der Waals surface area contributed by atoms with Crippen molar-refractivity contribution in [3.05, 3.63) is 59.9 Å². The molecule has 2 aromatic carbocycles. The van der Waals surface area contributed by atoms with Crippen LogP contribution in [0, 0.1) is 5.82 Å². The Balaban J connectivity index is 1.55. The molecule has 166 valence electrons. The molecule has 1 saturated carbocycles. The molecule has 32 heavy (non-hydrogen) atoms. The highest BCUT2D eigenvalue weighted by Gasteiger charge is 2.25. The summed E-state index contributed by atoms with van der Waals surface area (Å²) in [5, 5.41) is 11.9. The number of hydrogen-bond acceptors (Lipinski definition) is 5.